The highest BCUT2D eigenvalue weighted by atomic mass is 15.2. The maximum absolute atomic E-state index is 3.82. The van der Waals surface area contributed by atoms with Gasteiger partial charge in [0.1, 0.15) is 0 Å². The second kappa shape index (κ2) is 6.17. The Bertz CT molecular complexity index is 168. The average molecular weight is 197 g/mol. The minimum Gasteiger partial charge on any atom is -0.315 e. The van der Waals surface area contributed by atoms with Gasteiger partial charge in [0.05, 0.1) is 0 Å². The molecule has 3 heteroatoms. The van der Waals surface area contributed by atoms with Crippen molar-refractivity contribution in [1.29, 1.82) is 0 Å². The van der Waals surface area contributed by atoms with Gasteiger partial charge in [-0.2, -0.15) is 0 Å². The number of hydrogen-bond donors (Lipinski definition) is 1. The second-order valence-corrected chi connectivity index (χ2v) is 4.26. The number of nitrogens with one attached hydrogen (secondary N) is 1. The van der Waals surface area contributed by atoms with Crippen molar-refractivity contribution in [2.75, 3.05) is 46.8 Å². The van der Waals surface area contributed by atoms with Gasteiger partial charge in [0.25, 0.3) is 0 Å². The molecule has 1 unspecified atom stereocenters. The number of nitrogens with zero attached hydrogens (tertiary/aromatic N) is 2. The van der Waals surface area contributed by atoms with E-state index in [2.05, 4.69) is 35.8 Å². The Morgan fingerprint density at radius 3 is 3.00 bits per heavy atom. The summed E-state index contributed by atoms with van der Waals surface area (Å²) in [4.78, 5) is 4.78. The van der Waals surface area contributed by atoms with E-state index in [0.717, 1.165) is 26.2 Å². The predicted octanol–water partition coefficient (Wildman–Crippen LogP) is 0.398. The van der Waals surface area contributed by atoms with Crippen molar-refractivity contribution >= 4 is 0 Å². The summed E-state index contributed by atoms with van der Waals surface area (Å²) in [5.41, 5.74) is 0. The van der Waals surface area contributed by atoms with E-state index >= 15 is 0 Å². The number of hydrogen-bond acceptors (Lipinski definition) is 3. The fraction of sp³-hybridized carbons (Fsp3) is 0.818. The summed E-state index contributed by atoms with van der Waals surface area (Å²) >= 11 is 0. The molecule has 0 radical (unpaired) electrons. The molecular formula is C11H23N3. The van der Waals surface area contributed by atoms with Gasteiger partial charge in [-0.15, -0.1) is 6.58 Å². The lowest BCUT2D eigenvalue weighted by molar-refractivity contribution is 0.188. The van der Waals surface area contributed by atoms with Gasteiger partial charge in [-0.25, -0.2) is 0 Å². The molecule has 0 spiro atoms. The highest BCUT2D eigenvalue weighted by Crippen LogP contribution is 2.05. The largest absolute Gasteiger partial charge is 0.315 e. The highest BCUT2D eigenvalue weighted by molar-refractivity contribution is 4.84. The van der Waals surface area contributed by atoms with E-state index in [1.807, 2.05) is 6.08 Å². The molecule has 0 aliphatic carbocycles. The van der Waals surface area contributed by atoms with Gasteiger partial charge in [0.15, 0.2) is 0 Å². The van der Waals surface area contributed by atoms with Crippen LogP contribution in [0.4, 0.5) is 0 Å². The molecule has 0 amide bonds. The lowest BCUT2D eigenvalue weighted by Crippen LogP contribution is -2.45. The summed E-state index contributed by atoms with van der Waals surface area (Å²) in [5, 5.41) is 3.49. The Morgan fingerprint density at radius 2 is 2.36 bits per heavy atom. The molecule has 82 valence electrons. The summed E-state index contributed by atoms with van der Waals surface area (Å²) in [6, 6.07) is 0.630. The quantitative estimate of drug-likeness (QED) is 0.658. The van der Waals surface area contributed by atoms with Crippen LogP contribution < -0.4 is 5.32 Å². The predicted molar refractivity (Wildman–Crippen MR) is 61.6 cm³/mol. The first-order valence-electron chi connectivity index (χ1n) is 5.44. The van der Waals surface area contributed by atoms with Crippen molar-refractivity contribution in [3.8, 4) is 0 Å². The molecule has 1 saturated heterocycles. The van der Waals surface area contributed by atoms with Crippen LogP contribution >= 0.6 is 0 Å². The van der Waals surface area contributed by atoms with Crippen LogP contribution in [0.25, 0.3) is 0 Å². The summed E-state index contributed by atoms with van der Waals surface area (Å²) < 4.78 is 0. The molecule has 1 heterocycles. The molecule has 0 bridgehead atoms. The average Bonchev–Trinajstić information content (AvgIpc) is 2.32. The van der Waals surface area contributed by atoms with E-state index in [4.69, 9.17) is 0 Å². The van der Waals surface area contributed by atoms with Crippen LogP contribution in [0.5, 0.6) is 0 Å². The van der Waals surface area contributed by atoms with Crippen molar-refractivity contribution < 1.29 is 0 Å². The van der Waals surface area contributed by atoms with Crippen molar-refractivity contribution in [2.24, 2.45) is 0 Å². The molecule has 0 saturated carbocycles. The maximum Gasteiger partial charge on any atom is 0.0350 e. The standard InChI is InChI=1S/C11H23N3/c1-4-7-14-8-5-6-12-9-11(14)10-13(2)3/h4,11-12H,1,5-10H2,2-3H3. The fourth-order valence-corrected chi connectivity index (χ4v) is 2.00. The van der Waals surface area contributed by atoms with E-state index in [1.54, 1.807) is 0 Å². The van der Waals surface area contributed by atoms with Crippen LogP contribution in [0.15, 0.2) is 12.7 Å². The summed E-state index contributed by atoms with van der Waals surface area (Å²) in [6.45, 7) is 9.41. The van der Waals surface area contributed by atoms with Crippen molar-refractivity contribution in [2.45, 2.75) is 12.5 Å². The summed E-state index contributed by atoms with van der Waals surface area (Å²) in [7, 11) is 4.27. The van der Waals surface area contributed by atoms with Gasteiger partial charge in [0, 0.05) is 32.2 Å². The highest BCUT2D eigenvalue weighted by Gasteiger charge is 2.19. The normalized spacial score (nSPS) is 24.9. The molecule has 14 heavy (non-hydrogen) atoms. The first-order chi connectivity index (χ1) is 6.74. The first kappa shape index (κ1) is 11.7. The molecule has 0 aromatic rings. The Hall–Kier alpha value is -0.380. The van der Waals surface area contributed by atoms with Crippen LogP contribution in [-0.4, -0.2) is 62.7 Å². The molecule has 1 N–H and O–H groups in total. The molecule has 0 aromatic carbocycles. The molecular weight excluding hydrogens is 174 g/mol. The molecule has 1 rings (SSSR count). The third-order valence-corrected chi connectivity index (χ3v) is 2.63. The zero-order valence-corrected chi connectivity index (χ0v) is 9.50. The van der Waals surface area contributed by atoms with Gasteiger partial charge < -0.3 is 10.2 Å². The first-order valence-corrected chi connectivity index (χ1v) is 5.44. The zero-order valence-electron chi connectivity index (χ0n) is 9.50. The van der Waals surface area contributed by atoms with Gasteiger partial charge in [-0.3, -0.25) is 4.90 Å². The third-order valence-electron chi connectivity index (χ3n) is 2.63. The van der Waals surface area contributed by atoms with Crippen molar-refractivity contribution in [1.82, 2.24) is 15.1 Å². The topological polar surface area (TPSA) is 18.5 Å². The Balaban J connectivity index is 2.49. The molecule has 1 aliphatic heterocycles. The SMILES string of the molecule is C=CCN1CCCNCC1CN(C)C. The van der Waals surface area contributed by atoms with E-state index < -0.39 is 0 Å². The van der Waals surface area contributed by atoms with Gasteiger partial charge in [-0.1, -0.05) is 6.08 Å². The molecule has 1 aliphatic rings. The van der Waals surface area contributed by atoms with Crippen molar-refractivity contribution in [3.05, 3.63) is 12.7 Å². The summed E-state index contributed by atoms with van der Waals surface area (Å²) in [6.07, 6.45) is 3.26. The zero-order chi connectivity index (χ0) is 10.4. The minimum absolute atomic E-state index is 0.630. The van der Waals surface area contributed by atoms with Crippen LogP contribution in [0.1, 0.15) is 6.42 Å². The minimum atomic E-state index is 0.630. The van der Waals surface area contributed by atoms with Crippen molar-refractivity contribution in [3.63, 3.8) is 0 Å². The Kier molecular flexibility index (Phi) is 5.15. The maximum atomic E-state index is 3.82. The van der Waals surface area contributed by atoms with Crippen LogP contribution in [0.3, 0.4) is 0 Å². The fourth-order valence-electron chi connectivity index (χ4n) is 2.00. The molecule has 1 atom stereocenters. The lowest BCUT2D eigenvalue weighted by atomic mass is 10.2. The monoisotopic (exact) mass is 197 g/mol. The van der Waals surface area contributed by atoms with E-state index in [0.29, 0.717) is 6.04 Å². The third kappa shape index (κ3) is 3.78. The lowest BCUT2D eigenvalue weighted by Gasteiger charge is -2.30. The van der Waals surface area contributed by atoms with Crippen LogP contribution in [0, 0.1) is 0 Å². The summed E-state index contributed by atoms with van der Waals surface area (Å²) in [5.74, 6) is 0. The number of likely N-dealkylation sites (N-methyl/N-ethyl adjacent to an activating group) is 1. The van der Waals surface area contributed by atoms with E-state index in [1.165, 1.54) is 13.0 Å². The Labute approximate surface area is 87.8 Å². The van der Waals surface area contributed by atoms with Gasteiger partial charge in [-0.05, 0) is 27.1 Å². The smallest absolute Gasteiger partial charge is 0.0350 e. The van der Waals surface area contributed by atoms with Gasteiger partial charge in [0.2, 0.25) is 0 Å². The van der Waals surface area contributed by atoms with Gasteiger partial charge >= 0.3 is 0 Å². The van der Waals surface area contributed by atoms with E-state index in [-0.39, 0.29) is 0 Å². The Morgan fingerprint density at radius 1 is 1.57 bits per heavy atom. The molecule has 1 fully saturated rings. The number of rotatable bonds is 4. The molecule has 0 aromatic heterocycles. The second-order valence-electron chi connectivity index (χ2n) is 4.26. The molecule has 3 nitrogen and oxygen atoms in total. The van der Waals surface area contributed by atoms with Crippen LogP contribution in [0.2, 0.25) is 0 Å². The van der Waals surface area contributed by atoms with E-state index in [9.17, 15) is 0 Å². The van der Waals surface area contributed by atoms with Crippen LogP contribution in [-0.2, 0) is 0 Å².